The number of carbonyl (C=O) groups is 2. The Balaban J connectivity index is 1.17. The summed E-state index contributed by atoms with van der Waals surface area (Å²) in [7, 11) is 0. The molecule has 1 saturated carbocycles. The summed E-state index contributed by atoms with van der Waals surface area (Å²) in [5.41, 5.74) is 2.57. The Morgan fingerprint density at radius 2 is 1.78 bits per heavy atom. The second kappa shape index (κ2) is 12.2. The van der Waals surface area contributed by atoms with Gasteiger partial charge in [0.25, 0.3) is 5.91 Å². The number of carboxylic acids is 1. The highest BCUT2D eigenvalue weighted by molar-refractivity contribution is 5.91. The molecule has 1 aliphatic carbocycles. The molecule has 3 aliphatic rings. The van der Waals surface area contributed by atoms with E-state index in [-0.39, 0.29) is 36.4 Å². The summed E-state index contributed by atoms with van der Waals surface area (Å²) in [6.07, 6.45) is 15.4. The third-order valence-electron chi connectivity index (χ3n) is 8.70. The molecule has 3 heterocycles. The predicted octanol–water partition coefficient (Wildman–Crippen LogP) is 5.68. The van der Waals surface area contributed by atoms with Gasteiger partial charge in [0.1, 0.15) is 6.26 Å². The highest BCUT2D eigenvalue weighted by Gasteiger charge is 2.51. The zero-order chi connectivity index (χ0) is 25.6. The average Bonchev–Trinajstić information content (AvgIpc) is 3.65. The van der Waals surface area contributed by atoms with E-state index in [1.165, 1.54) is 44.8 Å². The van der Waals surface area contributed by atoms with Crippen molar-refractivity contribution >= 4 is 11.9 Å². The first-order valence-corrected chi connectivity index (χ1v) is 14.3. The number of nitrogens with zero attached hydrogens (tertiary/aromatic N) is 1. The SMILES string of the molecule is O=C(O)CCc1ccccc1C[C@H]1[C@H](c2nc(C(=O)NCCCCC3CCCCC3)co2)[C@H]2CC[C@@H]1O2. The van der Waals surface area contributed by atoms with Crippen LogP contribution in [0.15, 0.2) is 34.9 Å². The van der Waals surface area contributed by atoms with Gasteiger partial charge in [-0.05, 0) is 49.1 Å². The van der Waals surface area contributed by atoms with E-state index in [1.54, 1.807) is 0 Å². The van der Waals surface area contributed by atoms with Gasteiger partial charge in [-0.2, -0.15) is 0 Å². The van der Waals surface area contributed by atoms with Gasteiger partial charge in [-0.25, -0.2) is 4.98 Å². The van der Waals surface area contributed by atoms with Crippen LogP contribution in [0.1, 0.15) is 104 Å². The molecule has 3 fully saturated rings. The molecule has 2 bridgehead atoms. The molecule has 2 N–H and O–H groups in total. The number of unbranched alkanes of at least 4 members (excludes halogenated alkanes) is 1. The largest absolute Gasteiger partial charge is 0.481 e. The van der Waals surface area contributed by atoms with Crippen LogP contribution in [0.5, 0.6) is 0 Å². The van der Waals surface area contributed by atoms with Crippen LogP contribution in [0.3, 0.4) is 0 Å². The highest BCUT2D eigenvalue weighted by atomic mass is 16.5. The van der Waals surface area contributed by atoms with Gasteiger partial charge in [0.2, 0.25) is 5.89 Å². The minimum Gasteiger partial charge on any atom is -0.481 e. The first kappa shape index (κ1) is 26.0. The van der Waals surface area contributed by atoms with Crippen molar-refractivity contribution in [2.24, 2.45) is 11.8 Å². The van der Waals surface area contributed by atoms with Crippen molar-refractivity contribution in [3.63, 3.8) is 0 Å². The van der Waals surface area contributed by atoms with Crippen LogP contribution >= 0.6 is 0 Å². The Morgan fingerprint density at radius 3 is 2.59 bits per heavy atom. The lowest BCUT2D eigenvalue weighted by atomic mass is 9.75. The van der Waals surface area contributed by atoms with Crippen LogP contribution in [0, 0.1) is 11.8 Å². The Bertz CT molecular complexity index is 1060. The first-order chi connectivity index (χ1) is 18.1. The van der Waals surface area contributed by atoms with Crippen LogP contribution in [0.2, 0.25) is 0 Å². The number of carbonyl (C=O) groups excluding carboxylic acids is 1. The molecular formula is C30H40N2O5. The van der Waals surface area contributed by atoms with E-state index in [2.05, 4.69) is 16.4 Å². The van der Waals surface area contributed by atoms with Crippen molar-refractivity contribution in [1.29, 1.82) is 0 Å². The predicted molar refractivity (Wildman–Crippen MR) is 139 cm³/mol. The molecule has 2 aliphatic heterocycles. The molecule has 1 amide bonds. The lowest BCUT2D eigenvalue weighted by Gasteiger charge is -2.26. The highest BCUT2D eigenvalue weighted by Crippen LogP contribution is 2.50. The van der Waals surface area contributed by atoms with Crippen molar-refractivity contribution in [3.8, 4) is 0 Å². The zero-order valence-corrected chi connectivity index (χ0v) is 21.7. The van der Waals surface area contributed by atoms with Crippen molar-refractivity contribution in [3.05, 3.63) is 53.2 Å². The van der Waals surface area contributed by atoms with E-state index < -0.39 is 5.97 Å². The summed E-state index contributed by atoms with van der Waals surface area (Å²) < 4.78 is 12.2. The molecule has 7 nitrogen and oxygen atoms in total. The summed E-state index contributed by atoms with van der Waals surface area (Å²) >= 11 is 0. The number of benzene rings is 1. The number of hydrogen-bond donors (Lipinski definition) is 2. The van der Waals surface area contributed by atoms with Crippen LogP contribution in [0.4, 0.5) is 0 Å². The molecule has 2 aromatic rings. The topological polar surface area (TPSA) is 102 Å². The quantitative estimate of drug-likeness (QED) is 0.358. The van der Waals surface area contributed by atoms with Gasteiger partial charge in [-0.1, -0.05) is 69.2 Å². The molecular weight excluding hydrogens is 468 g/mol. The van der Waals surface area contributed by atoms with Crippen molar-refractivity contribution in [2.45, 2.75) is 102 Å². The molecule has 1 aromatic heterocycles. The summed E-state index contributed by atoms with van der Waals surface area (Å²) in [4.78, 5) is 28.5. The van der Waals surface area contributed by atoms with E-state index in [1.807, 2.05) is 18.2 Å². The lowest BCUT2D eigenvalue weighted by Crippen LogP contribution is -2.28. The van der Waals surface area contributed by atoms with E-state index in [4.69, 9.17) is 14.3 Å². The number of ether oxygens (including phenoxy) is 1. The number of rotatable bonds is 12. The first-order valence-electron chi connectivity index (χ1n) is 14.3. The van der Waals surface area contributed by atoms with E-state index >= 15 is 0 Å². The van der Waals surface area contributed by atoms with E-state index in [0.717, 1.165) is 49.1 Å². The van der Waals surface area contributed by atoms with Gasteiger partial charge >= 0.3 is 5.97 Å². The Morgan fingerprint density at radius 1 is 1.00 bits per heavy atom. The molecule has 2 saturated heterocycles. The van der Waals surface area contributed by atoms with Crippen molar-refractivity contribution in [2.75, 3.05) is 6.54 Å². The van der Waals surface area contributed by atoms with Gasteiger partial charge in [-0.3, -0.25) is 9.59 Å². The third kappa shape index (κ3) is 6.43. The minimum atomic E-state index is -0.786. The molecule has 5 rings (SSSR count). The smallest absolute Gasteiger partial charge is 0.303 e. The second-order valence-corrected chi connectivity index (χ2v) is 11.2. The van der Waals surface area contributed by atoms with Crippen LogP contribution < -0.4 is 5.32 Å². The lowest BCUT2D eigenvalue weighted by molar-refractivity contribution is -0.136. The molecule has 37 heavy (non-hydrogen) atoms. The molecule has 0 unspecified atom stereocenters. The fraction of sp³-hybridized carbons (Fsp3) is 0.633. The van der Waals surface area contributed by atoms with Gasteiger partial charge in [0.15, 0.2) is 5.69 Å². The van der Waals surface area contributed by atoms with Crippen molar-refractivity contribution < 1.29 is 23.8 Å². The molecule has 1 aromatic carbocycles. The second-order valence-electron chi connectivity index (χ2n) is 11.2. The van der Waals surface area contributed by atoms with Crippen LogP contribution in [-0.2, 0) is 22.4 Å². The number of hydrogen-bond acceptors (Lipinski definition) is 5. The number of amides is 1. The Hall–Kier alpha value is -2.67. The molecule has 0 radical (unpaired) electrons. The fourth-order valence-electron chi connectivity index (χ4n) is 6.74. The average molecular weight is 509 g/mol. The van der Waals surface area contributed by atoms with Crippen LogP contribution in [-0.4, -0.2) is 40.7 Å². The zero-order valence-electron chi connectivity index (χ0n) is 21.7. The maximum atomic E-state index is 12.7. The number of aromatic nitrogens is 1. The van der Waals surface area contributed by atoms with E-state index in [0.29, 0.717) is 24.6 Å². The number of aryl methyl sites for hydroxylation is 1. The van der Waals surface area contributed by atoms with Gasteiger partial charge in [0, 0.05) is 18.9 Å². The number of carboxylic acid groups (broad SMARTS) is 1. The number of oxazole rings is 1. The minimum absolute atomic E-state index is 0.00308. The number of fused-ring (bicyclic) bond motifs is 2. The van der Waals surface area contributed by atoms with Gasteiger partial charge in [0.05, 0.1) is 18.1 Å². The van der Waals surface area contributed by atoms with Gasteiger partial charge in [-0.15, -0.1) is 0 Å². The maximum Gasteiger partial charge on any atom is 0.303 e. The van der Waals surface area contributed by atoms with Crippen molar-refractivity contribution in [1.82, 2.24) is 10.3 Å². The standard InChI is InChI=1S/C30H40N2O5/c33-27(34)16-13-21-11-4-5-12-22(21)18-23-25-14-15-26(37-25)28(23)30-32-24(19-36-30)29(35)31-17-7-6-10-20-8-2-1-3-9-20/h4-5,11-12,19-20,23,25-26,28H,1-3,6-10,13-18H2,(H,31,35)(H,33,34)/t23-,25+,26-,28+/m1/s1. The molecule has 0 spiro atoms. The normalized spacial score (nSPS) is 25.4. The van der Waals surface area contributed by atoms with Gasteiger partial charge < -0.3 is 19.6 Å². The number of nitrogens with one attached hydrogen (secondary N) is 1. The summed E-state index contributed by atoms with van der Waals surface area (Å²) in [6, 6.07) is 8.07. The summed E-state index contributed by atoms with van der Waals surface area (Å²) in [6.45, 7) is 0.667. The summed E-state index contributed by atoms with van der Waals surface area (Å²) in [5, 5.41) is 12.2. The fourth-order valence-corrected chi connectivity index (χ4v) is 6.74. The molecule has 200 valence electrons. The Kier molecular flexibility index (Phi) is 8.59. The third-order valence-corrected chi connectivity index (χ3v) is 8.70. The Labute approximate surface area is 219 Å². The molecule has 4 atom stereocenters. The van der Waals surface area contributed by atoms with Crippen LogP contribution in [0.25, 0.3) is 0 Å². The monoisotopic (exact) mass is 508 g/mol. The summed E-state index contributed by atoms with van der Waals surface area (Å²) in [5.74, 6) is 0.701. The molecule has 7 heteroatoms. The van der Waals surface area contributed by atoms with E-state index in [9.17, 15) is 9.59 Å². The maximum absolute atomic E-state index is 12.7. The number of aliphatic carboxylic acids is 1.